The maximum atomic E-state index is 12.4. The number of rotatable bonds is 8. The maximum Gasteiger partial charge on any atom is 0.255 e. The van der Waals surface area contributed by atoms with Gasteiger partial charge in [-0.3, -0.25) is 4.72 Å². The Labute approximate surface area is 163 Å². The number of anilines is 1. The van der Waals surface area contributed by atoms with Gasteiger partial charge in [0.2, 0.25) is 10.0 Å². The summed E-state index contributed by atoms with van der Waals surface area (Å²) in [6.45, 7) is -0.00883. The maximum absolute atomic E-state index is 12.4. The Hall–Kier alpha value is -2.88. The van der Waals surface area contributed by atoms with Gasteiger partial charge in [0.1, 0.15) is 5.76 Å². The molecule has 28 heavy (non-hydrogen) atoms. The molecule has 1 aromatic heterocycles. The average Bonchev–Trinajstić information content (AvgIpc) is 3.19. The summed E-state index contributed by atoms with van der Waals surface area (Å²) in [4.78, 5) is -0.0636. The number of sulfonamides is 2. The Morgan fingerprint density at radius 2 is 1.68 bits per heavy atom. The lowest BCUT2D eigenvalue weighted by Crippen LogP contribution is -2.23. The van der Waals surface area contributed by atoms with Crippen LogP contribution in [0.15, 0.2) is 87.7 Å². The molecule has 1 heterocycles. The summed E-state index contributed by atoms with van der Waals surface area (Å²) in [7, 11) is -7.64. The Kier molecular flexibility index (Phi) is 5.98. The van der Waals surface area contributed by atoms with Crippen molar-refractivity contribution in [3.63, 3.8) is 0 Å². The van der Waals surface area contributed by atoms with Gasteiger partial charge in [-0.05, 0) is 42.0 Å². The molecule has 0 atom stereocenters. The zero-order valence-electron chi connectivity index (χ0n) is 14.6. The van der Waals surface area contributed by atoms with Crippen LogP contribution in [-0.4, -0.2) is 16.8 Å². The van der Waals surface area contributed by atoms with E-state index in [1.54, 1.807) is 36.4 Å². The van der Waals surface area contributed by atoms with E-state index in [0.29, 0.717) is 5.76 Å². The van der Waals surface area contributed by atoms with Gasteiger partial charge in [-0.1, -0.05) is 36.4 Å². The number of nitrogens with one attached hydrogen (secondary N) is 2. The topological polar surface area (TPSA) is 105 Å². The molecule has 0 spiro atoms. The average molecular weight is 418 g/mol. The summed E-state index contributed by atoms with van der Waals surface area (Å²) in [6, 6.07) is 17.8. The van der Waals surface area contributed by atoms with Gasteiger partial charge < -0.3 is 4.42 Å². The van der Waals surface area contributed by atoms with E-state index in [9.17, 15) is 16.8 Å². The predicted molar refractivity (Wildman–Crippen MR) is 107 cm³/mol. The number of furan rings is 1. The SMILES string of the molecule is O=S(=O)(C=Cc1ccccc1)Nc1cccc(S(=O)(=O)NCc2ccco2)c1. The van der Waals surface area contributed by atoms with Crippen molar-refractivity contribution in [3.05, 3.63) is 89.7 Å². The number of hydrogen-bond donors (Lipinski definition) is 2. The van der Waals surface area contributed by atoms with Crippen LogP contribution in [0.4, 0.5) is 5.69 Å². The summed E-state index contributed by atoms with van der Waals surface area (Å²) >= 11 is 0. The summed E-state index contributed by atoms with van der Waals surface area (Å²) in [6.07, 6.45) is 2.90. The van der Waals surface area contributed by atoms with Gasteiger partial charge in [0, 0.05) is 0 Å². The fraction of sp³-hybridized carbons (Fsp3) is 0.0526. The van der Waals surface area contributed by atoms with Gasteiger partial charge >= 0.3 is 0 Å². The minimum atomic E-state index is -3.83. The van der Waals surface area contributed by atoms with E-state index in [1.165, 1.54) is 36.6 Å². The third-order valence-electron chi connectivity index (χ3n) is 3.66. The van der Waals surface area contributed by atoms with Gasteiger partial charge in [-0.25, -0.2) is 21.6 Å². The first kappa shape index (κ1) is 19.9. The molecule has 0 fully saturated rings. The summed E-state index contributed by atoms with van der Waals surface area (Å²) in [5.41, 5.74) is 0.866. The molecule has 3 aromatic rings. The van der Waals surface area contributed by atoms with Crippen LogP contribution in [0.25, 0.3) is 6.08 Å². The smallest absolute Gasteiger partial charge is 0.255 e. The van der Waals surface area contributed by atoms with Crippen LogP contribution < -0.4 is 9.44 Å². The Bertz CT molecular complexity index is 1150. The lowest BCUT2D eigenvalue weighted by atomic mass is 10.2. The Morgan fingerprint density at radius 3 is 2.39 bits per heavy atom. The molecule has 0 radical (unpaired) electrons. The molecule has 146 valence electrons. The highest BCUT2D eigenvalue weighted by Gasteiger charge is 2.16. The van der Waals surface area contributed by atoms with E-state index in [2.05, 4.69) is 9.44 Å². The van der Waals surface area contributed by atoms with Crippen LogP contribution in [0.3, 0.4) is 0 Å². The molecule has 3 rings (SSSR count). The molecule has 2 N–H and O–H groups in total. The minimum absolute atomic E-state index is 0.00883. The second-order valence-electron chi connectivity index (χ2n) is 5.79. The fourth-order valence-corrected chi connectivity index (χ4v) is 4.22. The quantitative estimate of drug-likeness (QED) is 0.585. The van der Waals surface area contributed by atoms with Crippen LogP contribution in [0, 0.1) is 0 Å². The molecule has 7 nitrogen and oxygen atoms in total. The van der Waals surface area contributed by atoms with Crippen molar-refractivity contribution in [2.45, 2.75) is 11.4 Å². The second-order valence-corrected chi connectivity index (χ2v) is 9.13. The van der Waals surface area contributed by atoms with Crippen molar-refractivity contribution in [2.75, 3.05) is 4.72 Å². The van der Waals surface area contributed by atoms with Crippen LogP contribution in [0.1, 0.15) is 11.3 Å². The van der Waals surface area contributed by atoms with Gasteiger partial charge in [0.05, 0.1) is 28.8 Å². The molecule has 0 saturated heterocycles. The first-order chi connectivity index (χ1) is 13.3. The standard InChI is InChI=1S/C19H18N2O5S2/c22-27(23,13-11-16-6-2-1-3-7-16)21-17-8-4-10-19(14-17)28(24,25)20-15-18-9-5-12-26-18/h1-14,20-21H,15H2. The molecular formula is C19H18N2O5S2. The van der Waals surface area contributed by atoms with E-state index in [1.807, 2.05) is 6.07 Å². The van der Waals surface area contributed by atoms with Crippen LogP contribution >= 0.6 is 0 Å². The summed E-state index contributed by atoms with van der Waals surface area (Å²) < 4.78 is 59.1. The molecule has 0 amide bonds. The third kappa shape index (κ3) is 5.56. The van der Waals surface area contributed by atoms with Crippen molar-refractivity contribution in [1.82, 2.24) is 4.72 Å². The van der Waals surface area contributed by atoms with Crippen molar-refractivity contribution >= 4 is 31.8 Å². The highest BCUT2D eigenvalue weighted by molar-refractivity contribution is 7.95. The summed E-state index contributed by atoms with van der Waals surface area (Å²) in [5, 5.41) is 1.03. The van der Waals surface area contributed by atoms with Gasteiger partial charge in [-0.2, -0.15) is 0 Å². The van der Waals surface area contributed by atoms with E-state index >= 15 is 0 Å². The Balaban J connectivity index is 1.72. The fourth-order valence-electron chi connectivity index (χ4n) is 2.32. The van der Waals surface area contributed by atoms with Crippen molar-refractivity contribution in [1.29, 1.82) is 0 Å². The molecule has 0 bridgehead atoms. The summed E-state index contributed by atoms with van der Waals surface area (Å²) in [5.74, 6) is 0.464. The molecule has 0 unspecified atom stereocenters. The van der Waals surface area contributed by atoms with Crippen LogP contribution in [-0.2, 0) is 26.6 Å². The highest BCUT2D eigenvalue weighted by atomic mass is 32.2. The monoisotopic (exact) mass is 418 g/mol. The lowest BCUT2D eigenvalue weighted by molar-refractivity contribution is 0.498. The molecule has 9 heteroatoms. The van der Waals surface area contributed by atoms with E-state index in [-0.39, 0.29) is 17.1 Å². The molecule has 0 saturated carbocycles. The van der Waals surface area contributed by atoms with Crippen molar-refractivity contribution < 1.29 is 21.3 Å². The van der Waals surface area contributed by atoms with Gasteiger partial charge in [-0.15, -0.1) is 0 Å². The number of hydrogen-bond acceptors (Lipinski definition) is 5. The van der Waals surface area contributed by atoms with Crippen molar-refractivity contribution in [3.8, 4) is 0 Å². The lowest BCUT2D eigenvalue weighted by Gasteiger charge is -2.09. The van der Waals surface area contributed by atoms with E-state index < -0.39 is 20.0 Å². The normalized spacial score (nSPS) is 12.3. The number of benzene rings is 2. The highest BCUT2D eigenvalue weighted by Crippen LogP contribution is 2.18. The Morgan fingerprint density at radius 1 is 0.893 bits per heavy atom. The van der Waals surface area contributed by atoms with Gasteiger partial charge in [0.25, 0.3) is 10.0 Å². The van der Waals surface area contributed by atoms with Gasteiger partial charge in [0.15, 0.2) is 0 Å². The largest absolute Gasteiger partial charge is 0.468 e. The molecular weight excluding hydrogens is 400 g/mol. The zero-order valence-corrected chi connectivity index (χ0v) is 16.3. The minimum Gasteiger partial charge on any atom is -0.468 e. The zero-order chi connectivity index (χ0) is 20.0. The third-order valence-corrected chi connectivity index (χ3v) is 6.07. The van der Waals surface area contributed by atoms with E-state index in [0.717, 1.165) is 11.0 Å². The first-order valence-corrected chi connectivity index (χ1v) is 11.3. The molecule has 2 aromatic carbocycles. The van der Waals surface area contributed by atoms with E-state index in [4.69, 9.17) is 4.42 Å². The molecule has 0 aliphatic heterocycles. The second kappa shape index (κ2) is 8.42. The first-order valence-electron chi connectivity index (χ1n) is 8.22. The van der Waals surface area contributed by atoms with Crippen LogP contribution in [0.5, 0.6) is 0 Å². The predicted octanol–water partition coefficient (Wildman–Crippen LogP) is 3.17. The molecule has 0 aliphatic rings. The van der Waals surface area contributed by atoms with Crippen molar-refractivity contribution in [2.24, 2.45) is 0 Å². The molecule has 0 aliphatic carbocycles. The van der Waals surface area contributed by atoms with Crippen LogP contribution in [0.2, 0.25) is 0 Å².